The Balaban J connectivity index is 2.09. The van der Waals surface area contributed by atoms with Gasteiger partial charge in [-0.15, -0.1) is 0 Å². The maximum absolute atomic E-state index is 16.4. The summed E-state index contributed by atoms with van der Waals surface area (Å²) in [5, 5.41) is 3.27. The van der Waals surface area contributed by atoms with E-state index in [4.69, 9.17) is 3.97 Å². The third-order valence-electron chi connectivity index (χ3n) is 17.4. The number of fused-ring (bicyclic) bond motifs is 1. The fourth-order valence-corrected chi connectivity index (χ4v) is 22.8. The van der Waals surface area contributed by atoms with Crippen molar-refractivity contribution < 1.29 is 12.4 Å². The van der Waals surface area contributed by atoms with Gasteiger partial charge in [-0.3, -0.25) is 0 Å². The number of hydrogen-bond donors (Lipinski definition) is 0. The molecule has 3 nitrogen and oxygen atoms in total. The molecule has 0 bridgehead atoms. The second kappa shape index (κ2) is 42.2. The van der Waals surface area contributed by atoms with Gasteiger partial charge in [-0.05, 0) is 0 Å². The number of rotatable bonds is 52. The van der Waals surface area contributed by atoms with Gasteiger partial charge in [-0.25, -0.2) is 0 Å². The normalized spacial score (nSPS) is 12.7. The van der Waals surface area contributed by atoms with E-state index in [-0.39, 0.29) is 0 Å². The van der Waals surface area contributed by atoms with Crippen LogP contribution in [-0.2, 0) is 33.4 Å². The molecule has 0 saturated carbocycles. The van der Waals surface area contributed by atoms with Gasteiger partial charge in [0.15, 0.2) is 0 Å². The maximum atomic E-state index is 16.4. The zero-order valence-corrected chi connectivity index (χ0v) is 52.4. The first-order chi connectivity index (χ1) is 36.8. The predicted molar refractivity (Wildman–Crippen MR) is 339 cm³/mol. The monoisotopic (exact) mass is 1070 g/mol. The van der Waals surface area contributed by atoms with Crippen molar-refractivity contribution >= 4 is 33.0 Å². The predicted octanol–water partition coefficient (Wildman–Crippen LogP) is 23.5. The van der Waals surface area contributed by atoms with E-state index in [0.717, 1.165) is 106 Å². The quantitative estimate of drug-likeness (QED) is 0.0418. The summed E-state index contributed by atoms with van der Waals surface area (Å²) in [6.45, 7) is 10.2. The van der Waals surface area contributed by atoms with Crippen LogP contribution in [0.2, 0.25) is 0 Å². The average Bonchev–Trinajstić information content (AvgIpc) is 3.42. The zero-order valence-electron chi connectivity index (χ0n) is 50.7. The molecule has 0 fully saturated rings. The summed E-state index contributed by atoms with van der Waals surface area (Å²) < 4.78 is 40.4. The van der Waals surface area contributed by atoms with Crippen molar-refractivity contribution in [1.29, 1.82) is 0 Å². The molecule has 0 radical (unpaired) electrons. The van der Waals surface area contributed by atoms with Gasteiger partial charge in [0, 0.05) is 0 Å². The Morgan fingerprint density at radius 3 is 0.933 bits per heavy atom. The third-order valence-corrected chi connectivity index (χ3v) is 26.4. The molecule has 0 saturated heterocycles. The molecule has 0 spiro atoms. The van der Waals surface area contributed by atoms with Gasteiger partial charge in [0.2, 0.25) is 0 Å². The number of unbranched alkanes of at least 4 members (excludes halogenated alkanes) is 36. The molecule has 0 heterocycles. The molecule has 0 aliphatic carbocycles. The van der Waals surface area contributed by atoms with Crippen LogP contribution in [0.5, 0.6) is 0 Å². The van der Waals surface area contributed by atoms with Crippen LogP contribution < -0.4 is 5.30 Å². The van der Waals surface area contributed by atoms with Gasteiger partial charge in [0.25, 0.3) is 0 Å². The molecule has 3 aromatic carbocycles. The molecule has 0 N–H and O–H groups in total. The first-order valence-corrected chi connectivity index (χ1v) is 37.5. The minimum absolute atomic E-state index is 0.544. The van der Waals surface area contributed by atoms with Gasteiger partial charge in [0.05, 0.1) is 0 Å². The molecular formula is C70H123O3PS. The summed E-state index contributed by atoms with van der Waals surface area (Å²) in [5.41, 5.74) is 3.96. The molecule has 432 valence electrons. The van der Waals surface area contributed by atoms with Crippen molar-refractivity contribution in [2.75, 3.05) is 18.5 Å². The third kappa shape index (κ3) is 25.5. The number of hydrogen-bond acceptors (Lipinski definition) is 3. The van der Waals surface area contributed by atoms with Crippen molar-refractivity contribution in [3.05, 3.63) is 71.3 Å². The van der Waals surface area contributed by atoms with Crippen molar-refractivity contribution in [2.45, 2.75) is 335 Å². The molecule has 3 aromatic rings. The minimum atomic E-state index is -4.22. The molecule has 0 unspecified atom stereocenters. The standard InChI is InChI=1S/C70H123O3PS/c1-7-13-19-22-25-28-31-34-37-40-43-49-56-65-66(57-50-44-41-38-35-32-29-26-23-20-14-8-2)68(59-51-45-42-39-36-33-30-27-24-21-15-9-3)70(69-60-53-52-58-67(65)69)75(71,72)73-74(61-16-10-4,62-17-11-5,63-18-12-6)64-54-47-46-48-55-64/h46-48,52-55,58,60H,7-45,49-51,56-57,59,61-63H2,1-6H3. The van der Waals surface area contributed by atoms with Crippen LogP contribution in [0.4, 0.5) is 0 Å². The summed E-state index contributed by atoms with van der Waals surface area (Å²) in [6.07, 6.45) is 59.0. The molecule has 0 atom stereocenters. The van der Waals surface area contributed by atoms with Gasteiger partial charge < -0.3 is 0 Å². The number of aryl methyl sites for hydroxylation is 1. The van der Waals surface area contributed by atoms with E-state index < -0.39 is 16.9 Å². The van der Waals surface area contributed by atoms with Crippen molar-refractivity contribution in [1.82, 2.24) is 0 Å². The van der Waals surface area contributed by atoms with E-state index in [9.17, 15) is 0 Å². The Morgan fingerprint density at radius 1 is 0.307 bits per heavy atom. The Morgan fingerprint density at radius 2 is 0.587 bits per heavy atom. The summed E-state index contributed by atoms with van der Waals surface area (Å²) in [6, 6.07) is 19.6. The average molecular weight is 1080 g/mol. The van der Waals surface area contributed by atoms with Gasteiger partial charge in [-0.2, -0.15) is 0 Å². The van der Waals surface area contributed by atoms with Crippen LogP contribution >= 0.6 is 6.83 Å². The minimum Gasteiger partial charge on any atom is -0.0654 e. The first-order valence-electron chi connectivity index (χ1n) is 33.4. The fourth-order valence-electron chi connectivity index (χ4n) is 12.7. The van der Waals surface area contributed by atoms with Crippen molar-refractivity contribution in [2.24, 2.45) is 0 Å². The Hall–Kier alpha value is -1.74. The summed E-state index contributed by atoms with van der Waals surface area (Å²) in [5.74, 6) is 0. The second-order valence-corrected chi connectivity index (χ2v) is 31.0. The molecule has 0 amide bonds. The van der Waals surface area contributed by atoms with E-state index in [0.29, 0.717) is 4.90 Å². The zero-order chi connectivity index (χ0) is 54.0. The molecule has 75 heavy (non-hydrogen) atoms. The van der Waals surface area contributed by atoms with Crippen molar-refractivity contribution in [3.63, 3.8) is 0 Å². The molecule has 3 rings (SSSR count). The van der Waals surface area contributed by atoms with Crippen LogP contribution in [0.15, 0.2) is 59.5 Å². The topological polar surface area (TPSA) is 43.4 Å². The van der Waals surface area contributed by atoms with E-state index in [2.05, 4.69) is 96.1 Å². The molecule has 5 heteroatoms. The smallest absolute Gasteiger partial charge is 0.0654 e. The number of benzene rings is 3. The second-order valence-electron chi connectivity index (χ2n) is 23.9. The molecule has 0 aromatic heterocycles. The van der Waals surface area contributed by atoms with Crippen molar-refractivity contribution in [3.8, 4) is 0 Å². The molecule has 0 aliphatic rings. The first kappa shape index (κ1) is 67.5. The SMILES string of the molecule is CCCCCCCCCCCCCCc1c(CCCCCCCCCCCCCC)c(S(=O)(=O)OP(CCCC)(CCCC)(CCCC)c2ccccc2)c2ccccc2c1CCCCCCCCCCCCCC. The Kier molecular flexibility index (Phi) is 38.0. The van der Waals surface area contributed by atoms with Crippen LogP contribution in [0, 0.1) is 0 Å². The molecule has 0 aliphatic heterocycles. The summed E-state index contributed by atoms with van der Waals surface area (Å²) in [4.78, 5) is 0.544. The Labute approximate surface area is 468 Å². The fraction of sp³-hybridized carbons (Fsp3) is 0.771. The molecular weight excluding hydrogens is 952 g/mol. The van der Waals surface area contributed by atoms with Crippen LogP contribution in [0.3, 0.4) is 0 Å². The van der Waals surface area contributed by atoms with Gasteiger partial charge in [0.1, 0.15) is 0 Å². The van der Waals surface area contributed by atoms with Gasteiger partial charge in [-0.1, -0.05) is 136 Å². The Bertz CT molecular complexity index is 1910. The van der Waals surface area contributed by atoms with Crippen LogP contribution in [0.1, 0.15) is 328 Å². The van der Waals surface area contributed by atoms with Crippen LogP contribution in [0.25, 0.3) is 10.8 Å². The van der Waals surface area contributed by atoms with E-state index in [1.807, 2.05) is 0 Å². The van der Waals surface area contributed by atoms with E-state index in [1.54, 1.807) is 0 Å². The van der Waals surface area contributed by atoms with E-state index in [1.165, 1.54) is 234 Å². The van der Waals surface area contributed by atoms with E-state index >= 15 is 8.42 Å². The van der Waals surface area contributed by atoms with Gasteiger partial charge >= 0.3 is 334 Å². The summed E-state index contributed by atoms with van der Waals surface area (Å²) >= 11 is 0. The summed E-state index contributed by atoms with van der Waals surface area (Å²) in [7, 11) is -4.22. The van der Waals surface area contributed by atoms with Crippen LogP contribution in [-0.4, -0.2) is 26.9 Å².